The van der Waals surface area contributed by atoms with Gasteiger partial charge in [-0.1, -0.05) is 6.07 Å². The lowest BCUT2D eigenvalue weighted by atomic mass is 10.2. The molecule has 1 rings (SSSR count). The van der Waals surface area contributed by atoms with Crippen LogP contribution in [0, 0.1) is 6.92 Å². The molecular formula is C14H22N4O2. The lowest BCUT2D eigenvalue weighted by molar-refractivity contribution is -0.122. The van der Waals surface area contributed by atoms with Gasteiger partial charge < -0.3 is 16.4 Å². The number of likely N-dealkylation sites (N-methyl/N-ethyl adjacent to an activating group) is 2. The van der Waals surface area contributed by atoms with Gasteiger partial charge in [-0.15, -0.1) is 0 Å². The van der Waals surface area contributed by atoms with Gasteiger partial charge in [-0.2, -0.15) is 0 Å². The fraction of sp³-hybridized carbons (Fsp3) is 0.429. The summed E-state index contributed by atoms with van der Waals surface area (Å²) in [5.41, 5.74) is 7.93. The van der Waals surface area contributed by atoms with Crippen LogP contribution in [0.15, 0.2) is 18.2 Å². The van der Waals surface area contributed by atoms with Crippen molar-refractivity contribution in [3.63, 3.8) is 0 Å². The molecule has 6 nitrogen and oxygen atoms in total. The Morgan fingerprint density at radius 3 is 2.55 bits per heavy atom. The topological polar surface area (TPSA) is 87.5 Å². The van der Waals surface area contributed by atoms with Gasteiger partial charge in [0.15, 0.2) is 0 Å². The van der Waals surface area contributed by atoms with E-state index in [1.54, 1.807) is 24.1 Å². The van der Waals surface area contributed by atoms with Crippen molar-refractivity contribution in [1.82, 2.24) is 10.2 Å². The van der Waals surface area contributed by atoms with E-state index >= 15 is 0 Å². The fourth-order valence-electron chi connectivity index (χ4n) is 1.76. The smallest absolute Gasteiger partial charge is 0.238 e. The predicted octanol–water partition coefficient (Wildman–Crippen LogP) is 0.584. The molecule has 0 aromatic heterocycles. The Balaban J connectivity index is 2.51. The van der Waals surface area contributed by atoms with Crippen molar-refractivity contribution in [1.29, 1.82) is 0 Å². The van der Waals surface area contributed by atoms with Gasteiger partial charge in [-0.3, -0.25) is 14.5 Å². The number of aryl methyl sites for hydroxylation is 1. The summed E-state index contributed by atoms with van der Waals surface area (Å²) in [6.07, 6.45) is 0. The van der Waals surface area contributed by atoms with Crippen LogP contribution in [0.4, 0.5) is 11.4 Å². The van der Waals surface area contributed by atoms with Crippen LogP contribution in [0.1, 0.15) is 12.5 Å². The number of anilines is 2. The number of hydrogen-bond donors (Lipinski definition) is 3. The number of nitrogens with zero attached hydrogens (tertiary/aromatic N) is 1. The van der Waals surface area contributed by atoms with Gasteiger partial charge in [0.1, 0.15) is 0 Å². The summed E-state index contributed by atoms with van der Waals surface area (Å²) in [6, 6.07) is 5.35. The van der Waals surface area contributed by atoms with E-state index in [2.05, 4.69) is 10.6 Å². The van der Waals surface area contributed by atoms with E-state index < -0.39 is 0 Å². The monoisotopic (exact) mass is 278 g/mol. The normalized spacial score (nSPS) is 10.4. The van der Waals surface area contributed by atoms with Crippen LogP contribution in [0.25, 0.3) is 0 Å². The van der Waals surface area contributed by atoms with Crippen LogP contribution < -0.4 is 16.4 Å². The molecule has 0 aliphatic carbocycles. The van der Waals surface area contributed by atoms with Crippen LogP contribution in [-0.4, -0.2) is 43.4 Å². The average Bonchev–Trinajstić information content (AvgIpc) is 2.33. The molecule has 1 aromatic rings. The first-order valence-electron chi connectivity index (χ1n) is 6.53. The molecule has 0 bridgehead atoms. The van der Waals surface area contributed by atoms with Gasteiger partial charge in [0.25, 0.3) is 0 Å². The number of nitrogens with one attached hydrogen (secondary N) is 2. The Morgan fingerprint density at radius 1 is 1.25 bits per heavy atom. The van der Waals surface area contributed by atoms with Gasteiger partial charge in [-0.05, 0) is 38.6 Å². The molecule has 0 heterocycles. The van der Waals surface area contributed by atoms with Gasteiger partial charge in [0.2, 0.25) is 11.8 Å². The zero-order chi connectivity index (χ0) is 15.1. The molecule has 0 saturated heterocycles. The van der Waals surface area contributed by atoms with Crippen molar-refractivity contribution >= 4 is 23.2 Å². The zero-order valence-corrected chi connectivity index (χ0v) is 12.2. The number of nitrogens with two attached hydrogens (primary N) is 1. The van der Waals surface area contributed by atoms with Crippen molar-refractivity contribution < 1.29 is 9.59 Å². The van der Waals surface area contributed by atoms with Gasteiger partial charge in [0, 0.05) is 17.9 Å². The van der Waals surface area contributed by atoms with Crippen molar-refractivity contribution in [2.24, 2.45) is 0 Å². The summed E-state index contributed by atoms with van der Waals surface area (Å²) < 4.78 is 0. The van der Waals surface area contributed by atoms with E-state index in [9.17, 15) is 9.59 Å². The van der Waals surface area contributed by atoms with E-state index in [0.717, 1.165) is 5.56 Å². The van der Waals surface area contributed by atoms with Gasteiger partial charge in [-0.25, -0.2) is 0 Å². The van der Waals surface area contributed by atoms with Crippen LogP contribution in [0.2, 0.25) is 0 Å². The largest absolute Gasteiger partial charge is 0.399 e. The first-order valence-corrected chi connectivity index (χ1v) is 6.53. The molecule has 4 N–H and O–H groups in total. The predicted molar refractivity (Wildman–Crippen MR) is 80.4 cm³/mol. The molecule has 20 heavy (non-hydrogen) atoms. The number of hydrogen-bond acceptors (Lipinski definition) is 4. The first kappa shape index (κ1) is 16.0. The summed E-state index contributed by atoms with van der Waals surface area (Å²) in [7, 11) is 1.72. The number of amides is 2. The molecule has 0 unspecified atom stereocenters. The maximum absolute atomic E-state index is 11.9. The Labute approximate surface area is 119 Å². The summed E-state index contributed by atoms with van der Waals surface area (Å²) >= 11 is 0. The maximum atomic E-state index is 11.9. The highest BCUT2D eigenvalue weighted by molar-refractivity contribution is 5.93. The minimum atomic E-state index is -0.175. The molecule has 110 valence electrons. The summed E-state index contributed by atoms with van der Waals surface area (Å²) in [6.45, 7) is 4.67. The molecule has 0 fully saturated rings. The van der Waals surface area contributed by atoms with Crippen LogP contribution in [-0.2, 0) is 9.59 Å². The van der Waals surface area contributed by atoms with E-state index in [1.165, 1.54) is 0 Å². The molecule has 0 radical (unpaired) electrons. The van der Waals surface area contributed by atoms with Crippen LogP contribution in [0.5, 0.6) is 0 Å². The third-order valence-corrected chi connectivity index (χ3v) is 2.74. The second-order valence-corrected chi connectivity index (χ2v) is 4.75. The first-order chi connectivity index (χ1) is 9.42. The average molecular weight is 278 g/mol. The Morgan fingerprint density at radius 2 is 1.90 bits per heavy atom. The zero-order valence-electron chi connectivity index (χ0n) is 12.2. The molecule has 0 atom stereocenters. The van der Waals surface area contributed by atoms with Crippen molar-refractivity contribution in [3.05, 3.63) is 23.8 Å². The Kier molecular flexibility index (Phi) is 5.99. The molecule has 1 aromatic carbocycles. The fourth-order valence-corrected chi connectivity index (χ4v) is 1.76. The minimum absolute atomic E-state index is 0.0945. The molecule has 0 spiro atoms. The van der Waals surface area contributed by atoms with E-state index in [0.29, 0.717) is 17.9 Å². The second kappa shape index (κ2) is 7.49. The minimum Gasteiger partial charge on any atom is -0.399 e. The molecule has 0 aliphatic heterocycles. The highest BCUT2D eigenvalue weighted by Gasteiger charge is 2.11. The quantitative estimate of drug-likeness (QED) is 0.664. The summed E-state index contributed by atoms with van der Waals surface area (Å²) in [4.78, 5) is 24.9. The molecular weight excluding hydrogens is 256 g/mol. The van der Waals surface area contributed by atoms with Gasteiger partial charge in [0.05, 0.1) is 13.1 Å². The standard InChI is InChI=1S/C14H22N4O2/c1-4-16-13(19)8-18(3)9-14(20)17-12-7-11(15)6-5-10(12)2/h5-7H,4,8-9,15H2,1-3H3,(H,16,19)(H,17,20). The van der Waals surface area contributed by atoms with E-state index in [4.69, 9.17) is 5.73 Å². The van der Waals surface area contributed by atoms with Crippen molar-refractivity contribution in [2.75, 3.05) is 37.7 Å². The number of carbonyl (C=O) groups excluding carboxylic acids is 2. The molecule has 0 aliphatic rings. The SMILES string of the molecule is CCNC(=O)CN(C)CC(=O)Nc1cc(N)ccc1C. The number of benzene rings is 1. The van der Waals surface area contributed by atoms with Crippen LogP contribution >= 0.6 is 0 Å². The van der Waals surface area contributed by atoms with E-state index in [1.807, 2.05) is 19.9 Å². The third kappa shape index (κ3) is 5.27. The third-order valence-electron chi connectivity index (χ3n) is 2.74. The Hall–Kier alpha value is -2.08. The van der Waals surface area contributed by atoms with Crippen LogP contribution in [0.3, 0.4) is 0 Å². The molecule has 6 heteroatoms. The Bertz CT molecular complexity index is 488. The summed E-state index contributed by atoms with van der Waals surface area (Å²) in [5.74, 6) is -0.270. The lowest BCUT2D eigenvalue weighted by Crippen LogP contribution is -2.38. The maximum Gasteiger partial charge on any atom is 0.238 e. The lowest BCUT2D eigenvalue weighted by Gasteiger charge is -2.16. The van der Waals surface area contributed by atoms with Gasteiger partial charge >= 0.3 is 0 Å². The highest BCUT2D eigenvalue weighted by atomic mass is 16.2. The summed E-state index contributed by atoms with van der Waals surface area (Å²) in [5, 5.41) is 5.48. The number of rotatable bonds is 6. The molecule has 0 saturated carbocycles. The number of carbonyl (C=O) groups is 2. The molecule has 2 amide bonds. The van der Waals surface area contributed by atoms with Crippen molar-refractivity contribution in [2.45, 2.75) is 13.8 Å². The highest BCUT2D eigenvalue weighted by Crippen LogP contribution is 2.17. The van der Waals surface area contributed by atoms with E-state index in [-0.39, 0.29) is 24.9 Å². The number of nitrogen functional groups attached to an aromatic ring is 1. The van der Waals surface area contributed by atoms with Crippen molar-refractivity contribution in [3.8, 4) is 0 Å². The second-order valence-electron chi connectivity index (χ2n) is 4.75.